The predicted octanol–water partition coefficient (Wildman–Crippen LogP) is 4.18. The minimum atomic E-state index is 0.406. The molecule has 0 aliphatic carbocycles. The summed E-state index contributed by atoms with van der Waals surface area (Å²) in [5.74, 6) is 0.834. The number of nitrogens with zero attached hydrogens (tertiary/aromatic N) is 3. The predicted molar refractivity (Wildman–Crippen MR) is 100 cm³/mol. The van der Waals surface area contributed by atoms with Crippen molar-refractivity contribution >= 4 is 0 Å². The van der Waals surface area contributed by atoms with Gasteiger partial charge in [0.25, 0.3) is 0 Å². The average molecular weight is 339 g/mol. The minimum absolute atomic E-state index is 0.406. The van der Waals surface area contributed by atoms with Gasteiger partial charge in [0.05, 0.1) is 6.20 Å². The van der Waals surface area contributed by atoms with Crippen LogP contribution < -0.4 is 0 Å². The first-order valence-corrected chi connectivity index (χ1v) is 9.59. The van der Waals surface area contributed by atoms with Gasteiger partial charge in [0.15, 0.2) is 12.2 Å². The van der Waals surface area contributed by atoms with Crippen LogP contribution in [0.3, 0.4) is 0 Å². The van der Waals surface area contributed by atoms with Gasteiger partial charge in [-0.2, -0.15) is 0 Å². The van der Waals surface area contributed by atoms with E-state index in [1.807, 2.05) is 0 Å². The van der Waals surface area contributed by atoms with Crippen LogP contribution in [0.1, 0.15) is 45.1 Å². The zero-order valence-electron chi connectivity index (χ0n) is 15.4. The van der Waals surface area contributed by atoms with Crippen LogP contribution in [0.5, 0.6) is 0 Å². The number of oxazole rings is 1. The summed E-state index contributed by atoms with van der Waals surface area (Å²) in [7, 11) is 0. The Morgan fingerprint density at radius 3 is 2.48 bits per heavy atom. The van der Waals surface area contributed by atoms with Gasteiger partial charge in [-0.1, -0.05) is 24.3 Å². The van der Waals surface area contributed by atoms with E-state index < -0.39 is 0 Å². The quantitative estimate of drug-likeness (QED) is 0.836. The van der Waals surface area contributed by atoms with Crippen molar-refractivity contribution in [1.82, 2.24) is 14.8 Å². The summed E-state index contributed by atoms with van der Waals surface area (Å²) in [6, 6.07) is 9.48. The maximum Gasteiger partial charge on any atom is 0.181 e. The largest absolute Gasteiger partial charge is 0.444 e. The van der Waals surface area contributed by atoms with Crippen molar-refractivity contribution < 1.29 is 4.42 Å². The van der Waals surface area contributed by atoms with Gasteiger partial charge in [0, 0.05) is 23.7 Å². The normalized spacial score (nSPS) is 22.5. The SMILES string of the molecule is CC1(C)CCCN1C1CCN(Cc2ccc(-c3cnco3)cc2)CC1. The van der Waals surface area contributed by atoms with E-state index in [0.29, 0.717) is 5.54 Å². The van der Waals surface area contributed by atoms with Crippen molar-refractivity contribution in [3.05, 3.63) is 42.4 Å². The van der Waals surface area contributed by atoms with Crippen molar-refractivity contribution in [2.45, 2.75) is 57.7 Å². The van der Waals surface area contributed by atoms with Gasteiger partial charge in [-0.25, -0.2) is 4.98 Å². The Morgan fingerprint density at radius 2 is 1.88 bits per heavy atom. The van der Waals surface area contributed by atoms with Crippen molar-refractivity contribution in [1.29, 1.82) is 0 Å². The lowest BCUT2D eigenvalue weighted by atomic mass is 9.96. The maximum atomic E-state index is 5.36. The van der Waals surface area contributed by atoms with Gasteiger partial charge < -0.3 is 4.42 Å². The third kappa shape index (κ3) is 3.65. The number of benzene rings is 1. The van der Waals surface area contributed by atoms with Crippen molar-refractivity contribution in [3.8, 4) is 11.3 Å². The summed E-state index contributed by atoms with van der Waals surface area (Å²) in [6.45, 7) is 9.60. The highest BCUT2D eigenvalue weighted by Crippen LogP contribution is 2.33. The molecule has 4 rings (SSSR count). The van der Waals surface area contributed by atoms with Crippen LogP contribution in [-0.2, 0) is 6.54 Å². The monoisotopic (exact) mass is 339 g/mol. The average Bonchev–Trinajstić information content (AvgIpc) is 3.26. The van der Waals surface area contributed by atoms with Crippen molar-refractivity contribution in [2.24, 2.45) is 0 Å². The molecule has 3 heterocycles. The number of piperidine rings is 1. The first-order chi connectivity index (χ1) is 12.1. The Balaban J connectivity index is 1.31. The summed E-state index contributed by atoms with van der Waals surface area (Å²) in [4.78, 5) is 9.36. The maximum absolute atomic E-state index is 5.36. The molecule has 0 radical (unpaired) electrons. The molecule has 0 bridgehead atoms. The zero-order valence-corrected chi connectivity index (χ0v) is 15.4. The molecule has 134 valence electrons. The topological polar surface area (TPSA) is 32.5 Å². The fraction of sp³-hybridized carbons (Fsp3) is 0.571. The number of rotatable bonds is 4. The third-order valence-electron chi connectivity index (χ3n) is 6.04. The second-order valence-electron chi connectivity index (χ2n) is 8.18. The smallest absolute Gasteiger partial charge is 0.181 e. The zero-order chi connectivity index (χ0) is 17.3. The van der Waals surface area contributed by atoms with Gasteiger partial charge >= 0.3 is 0 Å². The minimum Gasteiger partial charge on any atom is -0.444 e. The highest BCUT2D eigenvalue weighted by molar-refractivity contribution is 5.56. The van der Waals surface area contributed by atoms with Crippen LogP contribution in [0, 0.1) is 0 Å². The number of hydrogen-bond donors (Lipinski definition) is 0. The Kier molecular flexibility index (Phi) is 4.65. The van der Waals surface area contributed by atoms with E-state index in [2.05, 4.69) is 52.9 Å². The lowest BCUT2D eigenvalue weighted by Gasteiger charge is -2.43. The van der Waals surface area contributed by atoms with E-state index in [9.17, 15) is 0 Å². The molecule has 4 heteroatoms. The van der Waals surface area contributed by atoms with Crippen LogP contribution >= 0.6 is 0 Å². The van der Waals surface area contributed by atoms with Crippen LogP contribution in [0.4, 0.5) is 0 Å². The lowest BCUT2D eigenvalue weighted by molar-refractivity contribution is 0.0607. The van der Waals surface area contributed by atoms with Gasteiger partial charge in [-0.15, -0.1) is 0 Å². The molecule has 0 atom stereocenters. The summed E-state index contributed by atoms with van der Waals surface area (Å²) in [6.07, 6.45) is 8.57. The van der Waals surface area contributed by atoms with Crippen LogP contribution in [0.25, 0.3) is 11.3 Å². The second-order valence-corrected chi connectivity index (χ2v) is 8.18. The molecule has 0 N–H and O–H groups in total. The van der Waals surface area contributed by atoms with E-state index in [-0.39, 0.29) is 0 Å². The highest BCUT2D eigenvalue weighted by Gasteiger charge is 2.37. The fourth-order valence-electron chi connectivity index (χ4n) is 4.59. The van der Waals surface area contributed by atoms with Gasteiger partial charge in [0.1, 0.15) is 0 Å². The Morgan fingerprint density at radius 1 is 1.12 bits per heavy atom. The molecule has 2 saturated heterocycles. The van der Waals surface area contributed by atoms with Crippen LogP contribution in [0.2, 0.25) is 0 Å². The first kappa shape index (κ1) is 16.8. The van der Waals surface area contributed by atoms with Crippen LogP contribution in [0.15, 0.2) is 41.3 Å². The lowest BCUT2D eigenvalue weighted by Crippen LogP contribution is -2.50. The highest BCUT2D eigenvalue weighted by atomic mass is 16.3. The van der Waals surface area contributed by atoms with E-state index in [1.54, 1.807) is 6.20 Å². The molecule has 0 unspecified atom stereocenters. The molecule has 2 aliphatic rings. The molecule has 0 spiro atoms. The van der Waals surface area contributed by atoms with Gasteiger partial charge in [0.2, 0.25) is 0 Å². The molecule has 25 heavy (non-hydrogen) atoms. The van der Waals surface area contributed by atoms with E-state index in [1.165, 1.54) is 57.3 Å². The standard InChI is InChI=1S/C21H29N3O/c1-21(2)10-3-11-24(21)19-8-12-23(13-9-19)15-17-4-6-18(7-5-17)20-14-22-16-25-20/h4-7,14,16,19H,3,8-13,15H2,1-2H3. The van der Waals surface area contributed by atoms with E-state index in [0.717, 1.165) is 23.9 Å². The Hall–Kier alpha value is -1.65. The number of likely N-dealkylation sites (tertiary alicyclic amines) is 2. The molecule has 0 saturated carbocycles. The van der Waals surface area contributed by atoms with Gasteiger partial charge in [-0.05, 0) is 64.7 Å². The number of hydrogen-bond acceptors (Lipinski definition) is 4. The summed E-state index contributed by atoms with van der Waals surface area (Å²) < 4.78 is 5.36. The second kappa shape index (κ2) is 6.93. The fourth-order valence-corrected chi connectivity index (χ4v) is 4.59. The molecule has 1 aromatic carbocycles. The van der Waals surface area contributed by atoms with E-state index in [4.69, 9.17) is 4.42 Å². The Bertz CT molecular complexity index is 670. The van der Waals surface area contributed by atoms with Crippen LogP contribution in [-0.4, -0.2) is 46.0 Å². The summed E-state index contributed by atoms with van der Waals surface area (Å²) in [5, 5.41) is 0. The Labute approximate surface area is 150 Å². The first-order valence-electron chi connectivity index (χ1n) is 9.59. The van der Waals surface area contributed by atoms with Gasteiger partial charge in [-0.3, -0.25) is 9.80 Å². The molecule has 2 fully saturated rings. The molecule has 1 aromatic heterocycles. The third-order valence-corrected chi connectivity index (χ3v) is 6.04. The summed E-state index contributed by atoms with van der Waals surface area (Å²) >= 11 is 0. The summed E-state index contributed by atoms with van der Waals surface area (Å²) in [5.41, 5.74) is 2.88. The molecular weight excluding hydrogens is 310 g/mol. The number of aromatic nitrogens is 1. The molecular formula is C21H29N3O. The molecule has 2 aromatic rings. The van der Waals surface area contributed by atoms with E-state index >= 15 is 0 Å². The molecule has 4 nitrogen and oxygen atoms in total. The molecule has 0 amide bonds. The van der Waals surface area contributed by atoms with Crippen molar-refractivity contribution in [2.75, 3.05) is 19.6 Å². The van der Waals surface area contributed by atoms with Crippen molar-refractivity contribution in [3.63, 3.8) is 0 Å². The molecule has 2 aliphatic heterocycles.